The van der Waals surface area contributed by atoms with Crippen LogP contribution < -0.4 is 5.32 Å². The lowest BCUT2D eigenvalue weighted by molar-refractivity contribution is 0.402. The second-order valence-corrected chi connectivity index (χ2v) is 5.40. The van der Waals surface area contributed by atoms with Crippen molar-refractivity contribution in [1.29, 1.82) is 0 Å². The molecule has 2 aromatic carbocycles. The predicted octanol–water partition coefficient (Wildman–Crippen LogP) is 3.71. The molecule has 0 aliphatic heterocycles. The molecule has 0 saturated heterocycles. The van der Waals surface area contributed by atoms with Gasteiger partial charge in [0.15, 0.2) is 11.5 Å². The van der Waals surface area contributed by atoms with Crippen molar-refractivity contribution in [2.45, 2.75) is 19.5 Å². The summed E-state index contributed by atoms with van der Waals surface area (Å²) in [5.41, 5.74) is 2.12. The molecule has 0 heterocycles. The van der Waals surface area contributed by atoms with Crippen LogP contribution in [-0.4, -0.2) is 10.2 Å². The first kappa shape index (κ1) is 13.9. The number of rotatable bonds is 4. The van der Waals surface area contributed by atoms with Crippen LogP contribution in [-0.2, 0) is 6.54 Å². The summed E-state index contributed by atoms with van der Waals surface area (Å²) in [4.78, 5) is 0. The number of phenols is 2. The molecule has 1 unspecified atom stereocenters. The van der Waals surface area contributed by atoms with Crippen LogP contribution in [0.4, 0.5) is 0 Å². The highest BCUT2D eigenvalue weighted by molar-refractivity contribution is 9.10. The maximum Gasteiger partial charge on any atom is 0.157 e. The van der Waals surface area contributed by atoms with Gasteiger partial charge in [0.2, 0.25) is 0 Å². The van der Waals surface area contributed by atoms with E-state index in [1.807, 2.05) is 12.1 Å². The largest absolute Gasteiger partial charge is 0.504 e. The minimum Gasteiger partial charge on any atom is -0.504 e. The molecule has 4 heteroatoms. The second kappa shape index (κ2) is 6.08. The third-order valence-corrected chi connectivity index (χ3v) is 3.49. The van der Waals surface area contributed by atoms with E-state index in [4.69, 9.17) is 0 Å². The first-order chi connectivity index (χ1) is 9.06. The van der Waals surface area contributed by atoms with E-state index >= 15 is 0 Å². The first-order valence-corrected chi connectivity index (χ1v) is 6.85. The Morgan fingerprint density at radius 3 is 2.58 bits per heavy atom. The number of benzene rings is 2. The van der Waals surface area contributed by atoms with Crippen LogP contribution >= 0.6 is 15.9 Å². The van der Waals surface area contributed by atoms with Gasteiger partial charge in [-0.2, -0.15) is 0 Å². The lowest BCUT2D eigenvalue weighted by Crippen LogP contribution is -2.17. The highest BCUT2D eigenvalue weighted by Crippen LogP contribution is 2.25. The number of halogens is 1. The Labute approximate surface area is 121 Å². The minimum absolute atomic E-state index is 0.0885. The molecule has 2 aromatic rings. The summed E-state index contributed by atoms with van der Waals surface area (Å²) >= 11 is 3.46. The van der Waals surface area contributed by atoms with Gasteiger partial charge in [-0.25, -0.2) is 0 Å². The molecule has 0 aliphatic carbocycles. The van der Waals surface area contributed by atoms with E-state index < -0.39 is 0 Å². The van der Waals surface area contributed by atoms with E-state index in [1.54, 1.807) is 12.1 Å². The molecule has 0 amide bonds. The van der Waals surface area contributed by atoms with Gasteiger partial charge in [0.05, 0.1) is 0 Å². The molecule has 0 fully saturated rings. The van der Waals surface area contributed by atoms with Gasteiger partial charge in [0, 0.05) is 17.1 Å². The Kier molecular flexibility index (Phi) is 4.45. The normalized spacial score (nSPS) is 12.3. The Hall–Kier alpha value is -1.52. The van der Waals surface area contributed by atoms with Crippen LogP contribution in [0.15, 0.2) is 46.9 Å². The molecular weight excluding hydrogens is 306 g/mol. The third-order valence-electron chi connectivity index (χ3n) is 3.00. The van der Waals surface area contributed by atoms with Crippen molar-refractivity contribution in [3.8, 4) is 11.5 Å². The molecule has 3 N–H and O–H groups in total. The van der Waals surface area contributed by atoms with Gasteiger partial charge < -0.3 is 15.5 Å². The molecule has 0 bridgehead atoms. The molecule has 0 aliphatic rings. The Bertz CT molecular complexity index is 572. The van der Waals surface area contributed by atoms with Crippen molar-refractivity contribution in [3.05, 3.63) is 58.1 Å². The number of nitrogens with one attached hydrogen (secondary N) is 1. The minimum atomic E-state index is -0.0937. The molecule has 19 heavy (non-hydrogen) atoms. The van der Waals surface area contributed by atoms with Crippen LogP contribution in [0.1, 0.15) is 24.1 Å². The second-order valence-electron chi connectivity index (χ2n) is 4.48. The average molecular weight is 322 g/mol. The topological polar surface area (TPSA) is 52.5 Å². The monoisotopic (exact) mass is 321 g/mol. The fourth-order valence-corrected chi connectivity index (χ4v) is 2.26. The molecule has 100 valence electrons. The Morgan fingerprint density at radius 2 is 1.89 bits per heavy atom. The fourth-order valence-electron chi connectivity index (χ4n) is 1.84. The highest BCUT2D eigenvalue weighted by atomic mass is 79.9. The molecule has 1 atom stereocenters. The number of hydrogen-bond donors (Lipinski definition) is 3. The van der Waals surface area contributed by atoms with Crippen LogP contribution in [0.5, 0.6) is 11.5 Å². The number of aromatic hydroxyl groups is 2. The predicted molar refractivity (Wildman–Crippen MR) is 79.2 cm³/mol. The van der Waals surface area contributed by atoms with Crippen molar-refractivity contribution in [1.82, 2.24) is 5.32 Å². The van der Waals surface area contributed by atoms with Gasteiger partial charge in [0.25, 0.3) is 0 Å². The summed E-state index contributed by atoms with van der Waals surface area (Å²) in [6.45, 7) is 2.71. The average Bonchev–Trinajstić information content (AvgIpc) is 2.40. The zero-order valence-electron chi connectivity index (χ0n) is 10.6. The van der Waals surface area contributed by atoms with Gasteiger partial charge in [-0.3, -0.25) is 0 Å². The van der Waals surface area contributed by atoms with E-state index in [0.29, 0.717) is 6.54 Å². The molecular formula is C15H16BrNO2. The highest BCUT2D eigenvalue weighted by Gasteiger charge is 2.06. The van der Waals surface area contributed by atoms with Gasteiger partial charge >= 0.3 is 0 Å². The first-order valence-electron chi connectivity index (χ1n) is 6.06. The zero-order chi connectivity index (χ0) is 13.8. The lowest BCUT2D eigenvalue weighted by Gasteiger charge is -2.15. The smallest absolute Gasteiger partial charge is 0.157 e. The van der Waals surface area contributed by atoms with E-state index in [0.717, 1.165) is 10.0 Å². The summed E-state index contributed by atoms with van der Waals surface area (Å²) in [6.07, 6.45) is 0. The Balaban J connectivity index is 2.00. The van der Waals surface area contributed by atoms with Gasteiger partial charge in [-0.05, 0) is 42.3 Å². The van der Waals surface area contributed by atoms with Crippen molar-refractivity contribution >= 4 is 15.9 Å². The molecule has 2 rings (SSSR count). The van der Waals surface area contributed by atoms with Gasteiger partial charge in [-0.15, -0.1) is 0 Å². The van der Waals surface area contributed by atoms with E-state index in [-0.39, 0.29) is 17.5 Å². The summed E-state index contributed by atoms with van der Waals surface area (Å²) in [7, 11) is 0. The van der Waals surface area contributed by atoms with Crippen LogP contribution in [0, 0.1) is 0 Å². The van der Waals surface area contributed by atoms with Crippen LogP contribution in [0.25, 0.3) is 0 Å². The zero-order valence-corrected chi connectivity index (χ0v) is 12.2. The summed E-state index contributed by atoms with van der Waals surface area (Å²) in [5, 5.41) is 22.1. The number of phenolic OH excluding ortho intramolecular Hbond substituents is 2. The summed E-state index contributed by atoms with van der Waals surface area (Å²) in [5.74, 6) is -0.182. The standard InChI is InChI=1S/C15H16BrNO2/c1-10(12-3-2-4-13(16)8-12)17-9-11-5-6-14(18)15(19)7-11/h2-8,10,17-19H,9H2,1H3. The summed E-state index contributed by atoms with van der Waals surface area (Å²) < 4.78 is 1.06. The van der Waals surface area contributed by atoms with Crippen molar-refractivity contribution in [2.75, 3.05) is 0 Å². The Morgan fingerprint density at radius 1 is 1.11 bits per heavy atom. The number of hydrogen-bond acceptors (Lipinski definition) is 3. The van der Waals surface area contributed by atoms with Crippen molar-refractivity contribution < 1.29 is 10.2 Å². The molecule has 0 aromatic heterocycles. The SMILES string of the molecule is CC(NCc1ccc(O)c(O)c1)c1cccc(Br)c1. The molecule has 3 nitrogen and oxygen atoms in total. The summed E-state index contributed by atoms with van der Waals surface area (Å²) in [6, 6.07) is 13.2. The third kappa shape index (κ3) is 3.72. The van der Waals surface area contributed by atoms with E-state index in [1.165, 1.54) is 11.6 Å². The van der Waals surface area contributed by atoms with Crippen molar-refractivity contribution in [3.63, 3.8) is 0 Å². The van der Waals surface area contributed by atoms with Crippen LogP contribution in [0.3, 0.4) is 0 Å². The molecule has 0 spiro atoms. The maximum atomic E-state index is 9.43. The van der Waals surface area contributed by atoms with E-state index in [9.17, 15) is 10.2 Å². The van der Waals surface area contributed by atoms with Gasteiger partial charge in [-0.1, -0.05) is 34.1 Å². The quantitative estimate of drug-likeness (QED) is 0.752. The maximum absolute atomic E-state index is 9.43. The van der Waals surface area contributed by atoms with Crippen LogP contribution in [0.2, 0.25) is 0 Å². The fraction of sp³-hybridized carbons (Fsp3) is 0.200. The van der Waals surface area contributed by atoms with E-state index in [2.05, 4.69) is 40.3 Å². The van der Waals surface area contributed by atoms with Crippen molar-refractivity contribution in [2.24, 2.45) is 0 Å². The lowest BCUT2D eigenvalue weighted by atomic mass is 10.1. The molecule has 0 radical (unpaired) electrons. The molecule has 0 saturated carbocycles. The van der Waals surface area contributed by atoms with Gasteiger partial charge in [0.1, 0.15) is 0 Å².